The van der Waals surface area contributed by atoms with Crippen molar-refractivity contribution in [3.8, 4) is 0 Å². The minimum atomic E-state index is -0.728. The lowest BCUT2D eigenvalue weighted by Crippen LogP contribution is -2.38. The van der Waals surface area contributed by atoms with Gasteiger partial charge in [-0.25, -0.2) is 0 Å². The summed E-state index contributed by atoms with van der Waals surface area (Å²) < 4.78 is 3.96. The van der Waals surface area contributed by atoms with Crippen molar-refractivity contribution >= 4 is 23.4 Å². The fraction of sp³-hybridized carbons (Fsp3) is 0.545. The Hall–Kier alpha value is -1.43. The monoisotopic (exact) mass is 254 g/mol. The van der Waals surface area contributed by atoms with Crippen LogP contribution in [0.2, 0.25) is 0 Å². The SMILES string of the molecule is O=C(NC1CCC(C(=O)O)CC1)c1ccsn1. The molecule has 0 atom stereocenters. The van der Waals surface area contributed by atoms with Crippen LogP contribution in [0.25, 0.3) is 0 Å². The van der Waals surface area contributed by atoms with Gasteiger partial charge in [0.2, 0.25) is 0 Å². The molecule has 0 aliphatic heterocycles. The second kappa shape index (κ2) is 5.27. The number of amides is 1. The van der Waals surface area contributed by atoms with Gasteiger partial charge in [-0.1, -0.05) is 0 Å². The Morgan fingerprint density at radius 2 is 2.06 bits per heavy atom. The number of aromatic nitrogens is 1. The normalized spacial score (nSPS) is 24.2. The van der Waals surface area contributed by atoms with E-state index in [1.807, 2.05) is 0 Å². The van der Waals surface area contributed by atoms with E-state index < -0.39 is 5.97 Å². The quantitative estimate of drug-likeness (QED) is 0.857. The van der Waals surface area contributed by atoms with Crippen LogP contribution in [0.3, 0.4) is 0 Å². The molecule has 0 aromatic carbocycles. The topological polar surface area (TPSA) is 79.3 Å². The molecule has 1 heterocycles. The van der Waals surface area contributed by atoms with Crippen LogP contribution in [0, 0.1) is 5.92 Å². The van der Waals surface area contributed by atoms with Gasteiger partial charge in [0.05, 0.1) is 5.92 Å². The van der Waals surface area contributed by atoms with Crippen molar-refractivity contribution in [1.29, 1.82) is 0 Å². The van der Waals surface area contributed by atoms with Crippen molar-refractivity contribution in [2.24, 2.45) is 5.92 Å². The summed E-state index contributed by atoms with van der Waals surface area (Å²) in [6.45, 7) is 0. The molecule has 1 aliphatic carbocycles. The van der Waals surface area contributed by atoms with E-state index in [4.69, 9.17) is 5.11 Å². The molecule has 0 unspecified atom stereocenters. The predicted molar refractivity (Wildman–Crippen MR) is 63.0 cm³/mol. The summed E-state index contributed by atoms with van der Waals surface area (Å²) in [5.74, 6) is -1.14. The molecule has 5 nitrogen and oxygen atoms in total. The number of hydrogen-bond acceptors (Lipinski definition) is 4. The Bertz CT molecular complexity index is 397. The van der Waals surface area contributed by atoms with E-state index >= 15 is 0 Å². The zero-order valence-corrected chi connectivity index (χ0v) is 10.1. The Morgan fingerprint density at radius 3 is 2.59 bits per heavy atom. The Labute approximate surface area is 103 Å². The fourth-order valence-electron chi connectivity index (χ4n) is 2.07. The second-order valence-corrected chi connectivity index (χ2v) is 4.91. The van der Waals surface area contributed by atoms with Gasteiger partial charge in [-0.2, -0.15) is 4.37 Å². The van der Waals surface area contributed by atoms with Crippen molar-refractivity contribution in [3.63, 3.8) is 0 Å². The summed E-state index contributed by atoms with van der Waals surface area (Å²) in [6.07, 6.45) is 2.73. The molecule has 1 saturated carbocycles. The number of carboxylic acid groups (broad SMARTS) is 1. The average molecular weight is 254 g/mol. The highest BCUT2D eigenvalue weighted by atomic mass is 32.1. The molecule has 2 rings (SSSR count). The zero-order chi connectivity index (χ0) is 12.3. The fourth-order valence-corrected chi connectivity index (χ4v) is 2.58. The average Bonchev–Trinajstić information content (AvgIpc) is 2.83. The summed E-state index contributed by atoms with van der Waals surface area (Å²) in [5.41, 5.74) is 0.440. The smallest absolute Gasteiger partial charge is 0.306 e. The maximum Gasteiger partial charge on any atom is 0.306 e. The van der Waals surface area contributed by atoms with Crippen molar-refractivity contribution in [1.82, 2.24) is 9.69 Å². The lowest BCUT2D eigenvalue weighted by atomic mass is 9.86. The molecule has 0 spiro atoms. The van der Waals surface area contributed by atoms with Crippen molar-refractivity contribution in [3.05, 3.63) is 17.1 Å². The molecule has 1 aliphatic rings. The minimum absolute atomic E-state index is 0.0831. The van der Waals surface area contributed by atoms with E-state index in [0.29, 0.717) is 18.5 Å². The first-order valence-electron chi connectivity index (χ1n) is 5.61. The van der Waals surface area contributed by atoms with E-state index in [-0.39, 0.29) is 17.9 Å². The Kier molecular flexibility index (Phi) is 3.73. The van der Waals surface area contributed by atoms with Gasteiger partial charge in [0.1, 0.15) is 5.69 Å². The first-order chi connectivity index (χ1) is 8.16. The van der Waals surface area contributed by atoms with Crippen LogP contribution < -0.4 is 5.32 Å². The van der Waals surface area contributed by atoms with Crippen LogP contribution in [0.5, 0.6) is 0 Å². The maximum absolute atomic E-state index is 11.7. The van der Waals surface area contributed by atoms with Crippen LogP contribution in [-0.2, 0) is 4.79 Å². The van der Waals surface area contributed by atoms with Crippen LogP contribution in [0.4, 0.5) is 0 Å². The van der Waals surface area contributed by atoms with E-state index in [9.17, 15) is 9.59 Å². The van der Waals surface area contributed by atoms with Gasteiger partial charge in [0, 0.05) is 11.4 Å². The standard InChI is InChI=1S/C11H14N2O3S/c14-10(9-5-6-17-13-9)12-8-3-1-7(2-4-8)11(15)16/h5-8H,1-4H2,(H,12,14)(H,15,16). The van der Waals surface area contributed by atoms with Gasteiger partial charge >= 0.3 is 5.97 Å². The predicted octanol–water partition coefficient (Wildman–Crippen LogP) is 1.52. The van der Waals surface area contributed by atoms with Crippen LogP contribution in [-0.4, -0.2) is 27.4 Å². The lowest BCUT2D eigenvalue weighted by molar-refractivity contribution is -0.142. The molecular weight excluding hydrogens is 240 g/mol. The number of carbonyl (C=O) groups excluding carboxylic acids is 1. The van der Waals surface area contributed by atoms with Crippen LogP contribution >= 0.6 is 11.5 Å². The van der Waals surface area contributed by atoms with Gasteiger partial charge < -0.3 is 10.4 Å². The van der Waals surface area contributed by atoms with Gasteiger partial charge in [-0.3, -0.25) is 9.59 Å². The third-order valence-corrected chi connectivity index (χ3v) is 3.64. The molecule has 17 heavy (non-hydrogen) atoms. The number of carboxylic acids is 1. The first kappa shape index (κ1) is 12.0. The number of nitrogens with one attached hydrogen (secondary N) is 1. The maximum atomic E-state index is 11.7. The van der Waals surface area contributed by atoms with Crippen molar-refractivity contribution in [2.45, 2.75) is 31.7 Å². The summed E-state index contributed by atoms with van der Waals surface area (Å²) in [5, 5.41) is 13.5. The molecule has 1 amide bonds. The van der Waals surface area contributed by atoms with Gasteiger partial charge in [-0.05, 0) is 43.3 Å². The molecular formula is C11H14N2O3S. The number of rotatable bonds is 3. The van der Waals surface area contributed by atoms with E-state index in [0.717, 1.165) is 12.8 Å². The van der Waals surface area contributed by atoms with Gasteiger partial charge in [0.25, 0.3) is 5.91 Å². The van der Waals surface area contributed by atoms with E-state index in [2.05, 4.69) is 9.69 Å². The first-order valence-corrected chi connectivity index (χ1v) is 6.44. The summed E-state index contributed by atoms with van der Waals surface area (Å²) in [7, 11) is 0. The summed E-state index contributed by atoms with van der Waals surface area (Å²) in [4.78, 5) is 22.5. The third-order valence-electron chi connectivity index (χ3n) is 3.08. The van der Waals surface area contributed by atoms with E-state index in [1.54, 1.807) is 11.4 Å². The van der Waals surface area contributed by atoms with E-state index in [1.165, 1.54) is 11.5 Å². The number of nitrogens with zero attached hydrogens (tertiary/aromatic N) is 1. The Morgan fingerprint density at radius 1 is 1.35 bits per heavy atom. The molecule has 1 fully saturated rings. The summed E-state index contributed by atoms with van der Waals surface area (Å²) in [6, 6.07) is 1.77. The number of hydrogen-bond donors (Lipinski definition) is 2. The van der Waals surface area contributed by atoms with Crippen molar-refractivity contribution in [2.75, 3.05) is 0 Å². The molecule has 0 radical (unpaired) electrons. The molecule has 2 N–H and O–H groups in total. The highest BCUT2D eigenvalue weighted by Gasteiger charge is 2.27. The lowest BCUT2D eigenvalue weighted by Gasteiger charge is -2.26. The highest BCUT2D eigenvalue weighted by Crippen LogP contribution is 2.24. The minimum Gasteiger partial charge on any atom is -0.481 e. The second-order valence-electron chi connectivity index (χ2n) is 4.24. The molecule has 1 aromatic heterocycles. The molecule has 0 saturated heterocycles. The molecule has 1 aromatic rings. The van der Waals surface area contributed by atoms with Gasteiger partial charge in [-0.15, -0.1) is 0 Å². The van der Waals surface area contributed by atoms with Crippen molar-refractivity contribution < 1.29 is 14.7 Å². The highest BCUT2D eigenvalue weighted by molar-refractivity contribution is 7.03. The zero-order valence-electron chi connectivity index (χ0n) is 9.26. The number of carbonyl (C=O) groups is 2. The molecule has 92 valence electrons. The van der Waals surface area contributed by atoms with Crippen LogP contribution in [0.15, 0.2) is 11.4 Å². The van der Waals surface area contributed by atoms with Gasteiger partial charge in [0.15, 0.2) is 0 Å². The third kappa shape index (κ3) is 3.03. The summed E-state index contributed by atoms with van der Waals surface area (Å²) >= 11 is 1.25. The molecule has 0 bridgehead atoms. The van der Waals surface area contributed by atoms with Crippen LogP contribution in [0.1, 0.15) is 36.2 Å². The molecule has 6 heteroatoms. The largest absolute Gasteiger partial charge is 0.481 e. The Balaban J connectivity index is 1.82. The number of aliphatic carboxylic acids is 1.